The van der Waals surface area contributed by atoms with Crippen LogP contribution >= 0.6 is 0 Å². The van der Waals surface area contributed by atoms with Crippen molar-refractivity contribution in [1.82, 2.24) is 0 Å². The molecule has 0 bridgehead atoms. The number of alkyl halides is 2. The van der Waals surface area contributed by atoms with Gasteiger partial charge in [-0.3, -0.25) is 10.1 Å². The Morgan fingerprint density at radius 1 is 1.47 bits per heavy atom. The number of benzene rings is 1. The first-order chi connectivity index (χ1) is 8.91. The summed E-state index contributed by atoms with van der Waals surface area (Å²) in [5.41, 5.74) is -0.553. The second-order valence-electron chi connectivity index (χ2n) is 4.25. The van der Waals surface area contributed by atoms with Gasteiger partial charge in [-0.25, -0.2) is 8.78 Å². The van der Waals surface area contributed by atoms with E-state index < -0.39 is 17.5 Å². The standard InChI is InChI=1S/C12H16F2N2O3/c1-8(17)3-2-6-15-11-5-4-9(16(18)19)7-10(11)12(13)14/h4-5,7-8,12,15,17H,2-3,6H2,1H3. The van der Waals surface area contributed by atoms with Crippen LogP contribution in [0.1, 0.15) is 31.8 Å². The van der Waals surface area contributed by atoms with E-state index in [0.717, 1.165) is 6.07 Å². The van der Waals surface area contributed by atoms with Crippen LogP contribution in [0.2, 0.25) is 0 Å². The monoisotopic (exact) mass is 274 g/mol. The molecule has 0 aromatic heterocycles. The minimum absolute atomic E-state index is 0.186. The molecule has 0 amide bonds. The minimum atomic E-state index is -2.78. The van der Waals surface area contributed by atoms with Crippen molar-refractivity contribution >= 4 is 11.4 Å². The highest BCUT2D eigenvalue weighted by Crippen LogP contribution is 2.30. The van der Waals surface area contributed by atoms with E-state index in [0.29, 0.717) is 19.4 Å². The summed E-state index contributed by atoms with van der Waals surface area (Å²) in [7, 11) is 0. The van der Waals surface area contributed by atoms with Gasteiger partial charge in [-0.1, -0.05) is 0 Å². The second kappa shape index (κ2) is 6.98. The number of nitro benzene ring substituents is 1. The highest BCUT2D eigenvalue weighted by Gasteiger charge is 2.17. The SMILES string of the molecule is CC(O)CCCNc1ccc([N+](=O)[O-])cc1C(F)F. The summed E-state index contributed by atoms with van der Waals surface area (Å²) >= 11 is 0. The van der Waals surface area contributed by atoms with Crippen LogP contribution in [0.25, 0.3) is 0 Å². The van der Waals surface area contributed by atoms with E-state index in [1.807, 2.05) is 0 Å². The Bertz CT molecular complexity index is 439. The Morgan fingerprint density at radius 2 is 2.16 bits per heavy atom. The number of nitro groups is 1. The second-order valence-corrected chi connectivity index (χ2v) is 4.25. The zero-order valence-corrected chi connectivity index (χ0v) is 10.5. The van der Waals surface area contributed by atoms with Crippen LogP contribution in [0, 0.1) is 10.1 Å². The molecule has 2 N–H and O–H groups in total. The number of non-ortho nitro benzene ring substituents is 1. The maximum atomic E-state index is 12.8. The zero-order chi connectivity index (χ0) is 14.4. The van der Waals surface area contributed by atoms with Crippen molar-refractivity contribution < 1.29 is 18.8 Å². The maximum absolute atomic E-state index is 12.8. The molecule has 19 heavy (non-hydrogen) atoms. The fraction of sp³-hybridized carbons (Fsp3) is 0.500. The largest absolute Gasteiger partial charge is 0.393 e. The molecule has 0 aliphatic rings. The van der Waals surface area contributed by atoms with Gasteiger partial charge in [0.15, 0.2) is 0 Å². The third-order valence-corrected chi connectivity index (χ3v) is 2.60. The molecule has 0 saturated carbocycles. The van der Waals surface area contributed by atoms with Crippen molar-refractivity contribution in [3.05, 3.63) is 33.9 Å². The van der Waals surface area contributed by atoms with E-state index in [4.69, 9.17) is 5.11 Å². The lowest BCUT2D eigenvalue weighted by molar-refractivity contribution is -0.385. The zero-order valence-electron chi connectivity index (χ0n) is 10.5. The number of nitrogens with one attached hydrogen (secondary N) is 1. The number of nitrogens with zero attached hydrogens (tertiary/aromatic N) is 1. The normalized spacial score (nSPS) is 12.5. The summed E-state index contributed by atoms with van der Waals surface area (Å²) in [6, 6.07) is 3.34. The van der Waals surface area contributed by atoms with E-state index in [2.05, 4.69) is 5.32 Å². The quantitative estimate of drug-likeness (QED) is 0.455. The molecule has 0 heterocycles. The number of hydrogen-bond acceptors (Lipinski definition) is 4. The lowest BCUT2D eigenvalue weighted by atomic mass is 10.1. The van der Waals surface area contributed by atoms with Crippen molar-refractivity contribution in [2.24, 2.45) is 0 Å². The van der Waals surface area contributed by atoms with E-state index in [-0.39, 0.29) is 16.9 Å². The van der Waals surface area contributed by atoms with Gasteiger partial charge in [0.1, 0.15) is 0 Å². The van der Waals surface area contributed by atoms with Crippen molar-refractivity contribution in [3.63, 3.8) is 0 Å². The molecule has 7 heteroatoms. The number of hydrogen-bond donors (Lipinski definition) is 2. The van der Waals surface area contributed by atoms with Crippen molar-refractivity contribution in [3.8, 4) is 0 Å². The van der Waals surface area contributed by atoms with Crippen molar-refractivity contribution in [1.29, 1.82) is 0 Å². The fourth-order valence-corrected chi connectivity index (χ4v) is 1.63. The lowest BCUT2D eigenvalue weighted by Gasteiger charge is -2.12. The molecule has 1 rings (SSSR count). The summed E-state index contributed by atoms with van der Waals surface area (Å²) in [6.07, 6.45) is -2.03. The van der Waals surface area contributed by atoms with Gasteiger partial charge in [0.05, 0.1) is 11.0 Å². The van der Waals surface area contributed by atoms with Gasteiger partial charge in [-0.05, 0) is 25.8 Å². The molecule has 106 valence electrons. The van der Waals surface area contributed by atoms with Crippen LogP contribution < -0.4 is 5.32 Å². The molecule has 0 radical (unpaired) electrons. The average Bonchev–Trinajstić information content (AvgIpc) is 2.34. The molecule has 5 nitrogen and oxygen atoms in total. The van der Waals surface area contributed by atoms with Crippen LogP contribution in [0.4, 0.5) is 20.2 Å². The number of rotatable bonds is 7. The molecular formula is C12H16F2N2O3. The third-order valence-electron chi connectivity index (χ3n) is 2.60. The van der Waals surface area contributed by atoms with Crippen LogP contribution in [0.5, 0.6) is 0 Å². The van der Waals surface area contributed by atoms with Gasteiger partial charge in [0.25, 0.3) is 12.1 Å². The van der Waals surface area contributed by atoms with Gasteiger partial charge in [-0.2, -0.15) is 0 Å². The first kappa shape index (κ1) is 15.3. The first-order valence-electron chi connectivity index (χ1n) is 5.90. The molecule has 0 aliphatic carbocycles. The van der Waals surface area contributed by atoms with E-state index in [9.17, 15) is 18.9 Å². The van der Waals surface area contributed by atoms with Gasteiger partial charge in [-0.15, -0.1) is 0 Å². The predicted molar refractivity (Wildman–Crippen MR) is 67.5 cm³/mol. The van der Waals surface area contributed by atoms with Crippen LogP contribution in [-0.2, 0) is 0 Å². The summed E-state index contributed by atoms with van der Waals surface area (Å²) < 4.78 is 25.6. The Hall–Kier alpha value is -1.76. The molecule has 1 atom stereocenters. The van der Waals surface area contributed by atoms with E-state index in [1.165, 1.54) is 12.1 Å². The van der Waals surface area contributed by atoms with Crippen LogP contribution in [0.15, 0.2) is 18.2 Å². The molecule has 0 fully saturated rings. The summed E-state index contributed by atoms with van der Waals surface area (Å²) in [6.45, 7) is 2.07. The number of halogens is 2. The number of anilines is 1. The van der Waals surface area contributed by atoms with E-state index in [1.54, 1.807) is 6.92 Å². The Morgan fingerprint density at radius 3 is 2.68 bits per heavy atom. The van der Waals surface area contributed by atoms with Gasteiger partial charge < -0.3 is 10.4 Å². The molecule has 1 aromatic carbocycles. The summed E-state index contributed by atoms with van der Waals surface area (Å²) in [5, 5.41) is 22.4. The third kappa shape index (κ3) is 4.78. The van der Waals surface area contributed by atoms with Crippen LogP contribution in [0.3, 0.4) is 0 Å². The first-order valence-corrected chi connectivity index (χ1v) is 5.90. The molecule has 1 aromatic rings. The highest BCUT2D eigenvalue weighted by molar-refractivity contribution is 5.56. The van der Waals surface area contributed by atoms with Gasteiger partial charge in [0.2, 0.25) is 0 Å². The summed E-state index contributed by atoms with van der Waals surface area (Å²) in [5.74, 6) is 0. The van der Waals surface area contributed by atoms with Gasteiger partial charge >= 0.3 is 0 Å². The van der Waals surface area contributed by atoms with Gasteiger partial charge in [0, 0.05) is 29.9 Å². The topological polar surface area (TPSA) is 75.4 Å². The van der Waals surface area contributed by atoms with Crippen molar-refractivity contribution in [2.45, 2.75) is 32.3 Å². The number of aliphatic hydroxyl groups is 1. The molecule has 0 spiro atoms. The predicted octanol–water partition coefficient (Wildman–Crippen LogP) is 3.11. The average molecular weight is 274 g/mol. The smallest absolute Gasteiger partial charge is 0.270 e. The molecule has 0 aliphatic heterocycles. The molecular weight excluding hydrogens is 258 g/mol. The molecule has 0 saturated heterocycles. The van der Waals surface area contributed by atoms with Crippen molar-refractivity contribution in [2.75, 3.05) is 11.9 Å². The Balaban J connectivity index is 2.74. The highest BCUT2D eigenvalue weighted by atomic mass is 19.3. The Kier molecular flexibility index (Phi) is 5.62. The maximum Gasteiger partial charge on any atom is 0.270 e. The lowest BCUT2D eigenvalue weighted by Crippen LogP contribution is -2.08. The fourth-order valence-electron chi connectivity index (χ4n) is 1.63. The van der Waals surface area contributed by atoms with E-state index >= 15 is 0 Å². The number of aliphatic hydroxyl groups excluding tert-OH is 1. The Labute approximate surface area is 109 Å². The van der Waals surface area contributed by atoms with Crippen LogP contribution in [-0.4, -0.2) is 22.7 Å². The molecule has 1 unspecified atom stereocenters. The summed E-state index contributed by atoms with van der Waals surface area (Å²) in [4.78, 5) is 9.83. The minimum Gasteiger partial charge on any atom is -0.393 e.